The summed E-state index contributed by atoms with van der Waals surface area (Å²) >= 11 is 0. The highest BCUT2D eigenvalue weighted by Gasteiger charge is 2.21. The van der Waals surface area contributed by atoms with E-state index in [4.69, 9.17) is 6.57 Å². The first-order valence-electron chi connectivity index (χ1n) is 13.2. The summed E-state index contributed by atoms with van der Waals surface area (Å²) in [7, 11) is 0. The molecule has 0 aliphatic rings. The molecule has 1 heterocycles. The van der Waals surface area contributed by atoms with Gasteiger partial charge in [-0.1, -0.05) is 48.5 Å². The van der Waals surface area contributed by atoms with Crippen LogP contribution in [0.15, 0.2) is 91.1 Å². The van der Waals surface area contributed by atoms with E-state index in [0.717, 1.165) is 38.7 Å². The average molecular weight is 546 g/mol. The molecule has 0 atom stereocenters. The van der Waals surface area contributed by atoms with Gasteiger partial charge in [0.1, 0.15) is 5.82 Å². The zero-order valence-corrected chi connectivity index (χ0v) is 22.7. The summed E-state index contributed by atoms with van der Waals surface area (Å²) in [5.41, 5.74) is 6.49. The van der Waals surface area contributed by atoms with E-state index in [1.807, 2.05) is 24.3 Å². The quantitative estimate of drug-likeness (QED) is 0.195. The van der Waals surface area contributed by atoms with E-state index in [-0.39, 0.29) is 29.9 Å². The van der Waals surface area contributed by atoms with Crippen LogP contribution < -0.4 is 5.32 Å². The monoisotopic (exact) mass is 545 g/mol. The van der Waals surface area contributed by atoms with Crippen molar-refractivity contribution in [2.24, 2.45) is 0 Å². The number of carbonyl (C=O) groups excluding carboxylic acids is 1. The van der Waals surface area contributed by atoms with Crippen LogP contribution in [0.4, 0.5) is 10.1 Å². The lowest BCUT2D eigenvalue weighted by Crippen LogP contribution is -2.23. The van der Waals surface area contributed by atoms with Crippen LogP contribution in [-0.4, -0.2) is 21.6 Å². The Balaban J connectivity index is 1.60. The Morgan fingerprint density at radius 1 is 0.927 bits per heavy atom. The maximum atomic E-state index is 13.8. The normalized spacial score (nSPS) is 11.0. The molecule has 2 N–H and O–H groups in total. The molecule has 1 amide bonds. The zero-order valence-electron chi connectivity index (χ0n) is 22.7. The molecule has 0 spiro atoms. The number of hydrogen-bond donors (Lipinski definition) is 2. The standard InChI is InChI=1S/C34H28FN3O3/c1-21(2)38-20-27(16-22-6-14-29(36-3)15-7-22)32-30(17-26(18-31(32)38)24-10-12-28(35)13-11-24)33(39)37-19-23-4-8-25(9-5-23)34(40)41/h4-15,17-18,20-21H,16,19H2,1-2H3,(H,37,39)(H,40,41). The van der Waals surface area contributed by atoms with Crippen LogP contribution >= 0.6 is 0 Å². The summed E-state index contributed by atoms with van der Waals surface area (Å²) in [5, 5.41) is 13.0. The third kappa shape index (κ3) is 5.87. The van der Waals surface area contributed by atoms with Crippen molar-refractivity contribution in [3.05, 3.63) is 136 Å². The van der Waals surface area contributed by atoms with Gasteiger partial charge in [-0.05, 0) is 84.5 Å². The molecule has 0 fully saturated rings. The molecule has 7 heteroatoms. The van der Waals surface area contributed by atoms with Gasteiger partial charge in [0.25, 0.3) is 5.91 Å². The number of benzene rings is 4. The summed E-state index contributed by atoms with van der Waals surface area (Å²) < 4.78 is 15.8. The summed E-state index contributed by atoms with van der Waals surface area (Å²) in [4.78, 5) is 28.5. The number of rotatable bonds is 8. The van der Waals surface area contributed by atoms with Crippen molar-refractivity contribution < 1.29 is 19.1 Å². The zero-order chi connectivity index (χ0) is 29.1. The SMILES string of the molecule is [C-]#[N+]c1ccc(Cc2cn(C(C)C)c3cc(-c4ccc(F)cc4)cc(C(=O)NCc4ccc(C(=O)O)cc4)c23)cc1. The van der Waals surface area contributed by atoms with Crippen LogP contribution in [0.25, 0.3) is 26.9 Å². The van der Waals surface area contributed by atoms with E-state index in [1.54, 1.807) is 36.4 Å². The molecule has 1 aromatic heterocycles. The second kappa shape index (κ2) is 11.5. The number of nitrogens with zero attached hydrogens (tertiary/aromatic N) is 2. The van der Waals surface area contributed by atoms with Crippen molar-refractivity contribution in [3.8, 4) is 11.1 Å². The summed E-state index contributed by atoms with van der Waals surface area (Å²) in [6.07, 6.45) is 2.65. The Morgan fingerprint density at radius 3 is 2.20 bits per heavy atom. The van der Waals surface area contributed by atoms with Crippen molar-refractivity contribution in [2.45, 2.75) is 32.9 Å². The fraction of sp³-hybridized carbons (Fsp3) is 0.147. The number of carbonyl (C=O) groups is 2. The highest BCUT2D eigenvalue weighted by Crippen LogP contribution is 2.34. The van der Waals surface area contributed by atoms with E-state index < -0.39 is 5.97 Å². The van der Waals surface area contributed by atoms with Gasteiger partial charge in [-0.25, -0.2) is 14.0 Å². The number of aromatic nitrogens is 1. The van der Waals surface area contributed by atoms with Crippen molar-refractivity contribution in [3.63, 3.8) is 0 Å². The third-order valence-corrected chi connectivity index (χ3v) is 7.10. The summed E-state index contributed by atoms with van der Waals surface area (Å²) in [6, 6.07) is 24.0. The lowest BCUT2D eigenvalue weighted by molar-refractivity contribution is 0.0696. The Labute approximate surface area is 237 Å². The molecule has 0 radical (unpaired) electrons. The molecule has 0 saturated carbocycles. The van der Waals surface area contributed by atoms with Gasteiger partial charge in [0.2, 0.25) is 0 Å². The van der Waals surface area contributed by atoms with E-state index in [1.165, 1.54) is 24.3 Å². The molecule has 0 aliphatic heterocycles. The fourth-order valence-corrected chi connectivity index (χ4v) is 4.97. The minimum Gasteiger partial charge on any atom is -0.478 e. The van der Waals surface area contributed by atoms with Crippen LogP contribution in [0.1, 0.15) is 57.3 Å². The molecule has 5 rings (SSSR count). The minimum absolute atomic E-state index is 0.114. The molecule has 0 aliphatic carbocycles. The molecular formula is C34H28FN3O3. The highest BCUT2D eigenvalue weighted by atomic mass is 19.1. The predicted octanol–water partition coefficient (Wildman–Crippen LogP) is 7.80. The van der Waals surface area contributed by atoms with Crippen molar-refractivity contribution >= 4 is 28.5 Å². The van der Waals surface area contributed by atoms with Crippen LogP contribution in [0, 0.1) is 12.4 Å². The lowest BCUT2D eigenvalue weighted by atomic mass is 9.95. The largest absolute Gasteiger partial charge is 0.478 e. The number of amides is 1. The minimum atomic E-state index is -1.01. The van der Waals surface area contributed by atoms with Gasteiger partial charge in [-0.3, -0.25) is 4.79 Å². The van der Waals surface area contributed by atoms with Crippen molar-refractivity contribution in [1.82, 2.24) is 9.88 Å². The number of carboxylic acids is 1. The van der Waals surface area contributed by atoms with Crippen LogP contribution in [0.2, 0.25) is 0 Å². The van der Waals surface area contributed by atoms with E-state index >= 15 is 0 Å². The molecule has 5 aromatic rings. The number of aromatic carboxylic acids is 1. The Morgan fingerprint density at radius 2 is 1.59 bits per heavy atom. The Hall–Kier alpha value is -5.22. The van der Waals surface area contributed by atoms with Gasteiger partial charge >= 0.3 is 5.97 Å². The average Bonchev–Trinajstić information content (AvgIpc) is 3.35. The van der Waals surface area contributed by atoms with Gasteiger partial charge in [-0.15, -0.1) is 0 Å². The maximum Gasteiger partial charge on any atom is 0.335 e. The first-order chi connectivity index (χ1) is 19.7. The van der Waals surface area contributed by atoms with Gasteiger partial charge in [0.05, 0.1) is 12.1 Å². The molecule has 4 aromatic carbocycles. The van der Waals surface area contributed by atoms with Gasteiger partial charge < -0.3 is 15.0 Å². The first-order valence-corrected chi connectivity index (χ1v) is 13.2. The Kier molecular flexibility index (Phi) is 7.66. The molecule has 204 valence electrons. The Bertz CT molecular complexity index is 1780. The predicted molar refractivity (Wildman–Crippen MR) is 158 cm³/mol. The van der Waals surface area contributed by atoms with E-state index in [9.17, 15) is 19.1 Å². The second-order valence-electron chi connectivity index (χ2n) is 10.2. The molecule has 41 heavy (non-hydrogen) atoms. The van der Waals surface area contributed by atoms with Crippen LogP contribution in [0.3, 0.4) is 0 Å². The maximum absolute atomic E-state index is 13.8. The molecular weight excluding hydrogens is 517 g/mol. The lowest BCUT2D eigenvalue weighted by Gasteiger charge is -2.14. The fourth-order valence-electron chi connectivity index (χ4n) is 4.97. The number of nitrogens with one attached hydrogen (secondary N) is 1. The highest BCUT2D eigenvalue weighted by molar-refractivity contribution is 6.09. The van der Waals surface area contributed by atoms with Crippen LogP contribution in [0.5, 0.6) is 0 Å². The smallest absolute Gasteiger partial charge is 0.335 e. The van der Waals surface area contributed by atoms with Crippen LogP contribution in [-0.2, 0) is 13.0 Å². The molecule has 0 unspecified atom stereocenters. The van der Waals surface area contributed by atoms with Gasteiger partial charge in [-0.2, -0.15) is 0 Å². The van der Waals surface area contributed by atoms with Gasteiger partial charge in [0.15, 0.2) is 5.69 Å². The third-order valence-electron chi connectivity index (χ3n) is 7.10. The number of fused-ring (bicyclic) bond motifs is 1. The number of halogens is 1. The first kappa shape index (κ1) is 27.4. The number of carboxylic acid groups (broad SMARTS) is 1. The molecule has 0 bridgehead atoms. The van der Waals surface area contributed by atoms with Crippen molar-refractivity contribution in [2.75, 3.05) is 0 Å². The van der Waals surface area contributed by atoms with E-state index in [2.05, 4.69) is 34.8 Å². The molecule has 0 saturated heterocycles. The molecule has 6 nitrogen and oxygen atoms in total. The topological polar surface area (TPSA) is 75.7 Å². The second-order valence-corrected chi connectivity index (χ2v) is 10.2. The summed E-state index contributed by atoms with van der Waals surface area (Å²) in [6.45, 7) is 11.6. The van der Waals surface area contributed by atoms with E-state index in [0.29, 0.717) is 17.7 Å². The van der Waals surface area contributed by atoms with Crippen molar-refractivity contribution in [1.29, 1.82) is 0 Å². The number of hydrogen-bond acceptors (Lipinski definition) is 2. The van der Waals surface area contributed by atoms with Gasteiger partial charge in [0, 0.05) is 35.2 Å². The summed E-state index contributed by atoms with van der Waals surface area (Å²) in [5.74, 6) is -1.61.